The molecule has 96 valence electrons. The molecule has 0 saturated carbocycles. The van der Waals surface area contributed by atoms with Gasteiger partial charge >= 0.3 is 0 Å². The Labute approximate surface area is 111 Å². The number of fused-ring (bicyclic) bond motifs is 1. The van der Waals surface area contributed by atoms with E-state index in [1.807, 2.05) is 18.2 Å². The highest BCUT2D eigenvalue weighted by molar-refractivity contribution is 6.09. The van der Waals surface area contributed by atoms with Crippen molar-refractivity contribution in [3.63, 3.8) is 0 Å². The largest absolute Gasteiger partial charge is 0.495 e. The van der Waals surface area contributed by atoms with Crippen LogP contribution in [0.3, 0.4) is 0 Å². The molecule has 4 nitrogen and oxygen atoms in total. The summed E-state index contributed by atoms with van der Waals surface area (Å²) in [5.74, 6) is 0.565. The van der Waals surface area contributed by atoms with Gasteiger partial charge in [-0.3, -0.25) is 9.78 Å². The van der Waals surface area contributed by atoms with Crippen molar-refractivity contribution in [2.24, 2.45) is 0 Å². The van der Waals surface area contributed by atoms with Gasteiger partial charge < -0.3 is 10.1 Å². The number of hydrogen-bond donors (Lipinski definition) is 1. The van der Waals surface area contributed by atoms with E-state index in [1.165, 1.54) is 5.56 Å². The number of hydrogen-bond acceptors (Lipinski definition) is 4. The zero-order valence-corrected chi connectivity index (χ0v) is 10.6. The lowest BCUT2D eigenvalue weighted by atomic mass is 10.0. The Morgan fingerprint density at radius 3 is 3.00 bits per heavy atom. The normalized spacial score (nSPS) is 12.7. The van der Waals surface area contributed by atoms with E-state index in [-0.39, 0.29) is 5.78 Å². The van der Waals surface area contributed by atoms with Crippen molar-refractivity contribution in [3.8, 4) is 5.75 Å². The minimum absolute atomic E-state index is 0.0268. The molecule has 0 spiro atoms. The van der Waals surface area contributed by atoms with Gasteiger partial charge in [-0.15, -0.1) is 0 Å². The van der Waals surface area contributed by atoms with Crippen LogP contribution in [-0.4, -0.2) is 24.4 Å². The molecule has 1 aliphatic rings. The van der Waals surface area contributed by atoms with Crippen LogP contribution >= 0.6 is 0 Å². The molecule has 4 heteroatoms. The molecule has 1 aromatic carbocycles. The lowest BCUT2D eigenvalue weighted by molar-refractivity contribution is 0.103. The number of carbonyl (C=O) groups excluding carboxylic acids is 1. The Bertz CT molecular complexity index is 638. The van der Waals surface area contributed by atoms with E-state index in [0.29, 0.717) is 16.9 Å². The zero-order chi connectivity index (χ0) is 13.2. The van der Waals surface area contributed by atoms with E-state index in [1.54, 1.807) is 25.6 Å². The average molecular weight is 254 g/mol. The molecular weight excluding hydrogens is 240 g/mol. The maximum absolute atomic E-state index is 12.4. The monoisotopic (exact) mass is 254 g/mol. The van der Waals surface area contributed by atoms with Crippen LogP contribution in [0, 0.1) is 0 Å². The number of pyridine rings is 1. The van der Waals surface area contributed by atoms with Crippen molar-refractivity contribution in [2.45, 2.75) is 6.42 Å². The first-order valence-electron chi connectivity index (χ1n) is 6.18. The molecule has 0 radical (unpaired) electrons. The van der Waals surface area contributed by atoms with Crippen molar-refractivity contribution in [1.82, 2.24) is 4.98 Å². The third-order valence-electron chi connectivity index (χ3n) is 3.29. The van der Waals surface area contributed by atoms with E-state index in [2.05, 4.69) is 10.3 Å². The molecule has 19 heavy (non-hydrogen) atoms. The molecule has 0 unspecified atom stereocenters. The lowest BCUT2D eigenvalue weighted by Crippen LogP contribution is -2.03. The molecule has 1 N–H and O–H groups in total. The lowest BCUT2D eigenvalue weighted by Gasteiger charge is -2.05. The molecule has 0 saturated heterocycles. The second-order valence-electron chi connectivity index (χ2n) is 4.49. The highest BCUT2D eigenvalue weighted by Gasteiger charge is 2.15. The van der Waals surface area contributed by atoms with E-state index in [0.717, 1.165) is 18.7 Å². The number of nitrogens with one attached hydrogen (secondary N) is 1. The molecule has 0 atom stereocenters. The third-order valence-corrected chi connectivity index (χ3v) is 3.29. The van der Waals surface area contributed by atoms with Gasteiger partial charge in [0.15, 0.2) is 5.78 Å². The fourth-order valence-electron chi connectivity index (χ4n) is 2.27. The van der Waals surface area contributed by atoms with Crippen LogP contribution in [0.4, 0.5) is 5.69 Å². The van der Waals surface area contributed by atoms with Crippen LogP contribution in [-0.2, 0) is 6.42 Å². The Morgan fingerprint density at radius 2 is 2.16 bits per heavy atom. The molecule has 1 aliphatic heterocycles. The highest BCUT2D eigenvalue weighted by atomic mass is 16.5. The number of aromatic nitrogens is 1. The number of nitrogens with zero attached hydrogens (tertiary/aromatic N) is 1. The summed E-state index contributed by atoms with van der Waals surface area (Å²) >= 11 is 0. The van der Waals surface area contributed by atoms with Gasteiger partial charge in [0.1, 0.15) is 5.75 Å². The molecule has 2 aromatic rings. The van der Waals surface area contributed by atoms with E-state index in [9.17, 15) is 4.79 Å². The average Bonchev–Trinajstić information content (AvgIpc) is 2.94. The van der Waals surface area contributed by atoms with Crippen LogP contribution in [0.5, 0.6) is 5.75 Å². The molecule has 0 fully saturated rings. The van der Waals surface area contributed by atoms with Crippen LogP contribution in [0.25, 0.3) is 0 Å². The number of ketones is 1. The first kappa shape index (κ1) is 11.7. The number of benzene rings is 1. The molecule has 0 bridgehead atoms. The summed E-state index contributed by atoms with van der Waals surface area (Å²) in [6.07, 6.45) is 4.12. The number of carbonyl (C=O) groups is 1. The van der Waals surface area contributed by atoms with Gasteiger partial charge in [-0.25, -0.2) is 0 Å². The van der Waals surface area contributed by atoms with E-state index < -0.39 is 0 Å². The van der Waals surface area contributed by atoms with Gasteiger partial charge in [-0.05, 0) is 36.2 Å². The summed E-state index contributed by atoms with van der Waals surface area (Å²) in [5, 5.41) is 3.28. The first-order chi connectivity index (χ1) is 9.28. The topological polar surface area (TPSA) is 51.2 Å². The predicted molar refractivity (Wildman–Crippen MR) is 72.9 cm³/mol. The summed E-state index contributed by atoms with van der Waals surface area (Å²) < 4.78 is 5.09. The first-order valence-corrected chi connectivity index (χ1v) is 6.18. The summed E-state index contributed by atoms with van der Waals surface area (Å²) in [6.45, 7) is 0.938. The summed E-state index contributed by atoms with van der Waals surface area (Å²) in [7, 11) is 1.56. The van der Waals surface area contributed by atoms with Crippen molar-refractivity contribution in [2.75, 3.05) is 19.0 Å². The van der Waals surface area contributed by atoms with Crippen LogP contribution in [0.15, 0.2) is 36.7 Å². The molecule has 0 amide bonds. The summed E-state index contributed by atoms with van der Waals surface area (Å²) in [5.41, 5.74) is 3.56. The molecule has 1 aromatic heterocycles. The Hall–Kier alpha value is -2.36. The summed E-state index contributed by atoms with van der Waals surface area (Å²) in [4.78, 5) is 16.4. The van der Waals surface area contributed by atoms with Crippen molar-refractivity contribution >= 4 is 11.5 Å². The van der Waals surface area contributed by atoms with Gasteiger partial charge in [-0.2, -0.15) is 0 Å². The number of anilines is 1. The number of ether oxygens (including phenoxy) is 1. The minimum atomic E-state index is -0.0268. The van der Waals surface area contributed by atoms with Crippen LogP contribution < -0.4 is 10.1 Å². The van der Waals surface area contributed by atoms with Crippen molar-refractivity contribution < 1.29 is 9.53 Å². The van der Waals surface area contributed by atoms with Gasteiger partial charge in [0.2, 0.25) is 0 Å². The van der Waals surface area contributed by atoms with Crippen molar-refractivity contribution in [3.05, 3.63) is 53.3 Å². The number of rotatable bonds is 3. The quantitative estimate of drug-likeness (QED) is 0.854. The highest BCUT2D eigenvalue weighted by Crippen LogP contribution is 2.24. The maximum Gasteiger partial charge on any atom is 0.194 e. The second kappa shape index (κ2) is 4.72. The molecular formula is C15H14N2O2. The van der Waals surface area contributed by atoms with Gasteiger partial charge in [0.05, 0.1) is 13.3 Å². The molecule has 2 heterocycles. The van der Waals surface area contributed by atoms with Gasteiger partial charge in [-0.1, -0.05) is 0 Å². The fraction of sp³-hybridized carbons (Fsp3) is 0.200. The fourth-order valence-corrected chi connectivity index (χ4v) is 2.27. The van der Waals surface area contributed by atoms with E-state index >= 15 is 0 Å². The SMILES string of the molecule is COc1cncc(C(=O)c2ccc3c(c2)CCN3)c1. The third kappa shape index (κ3) is 2.17. The smallest absolute Gasteiger partial charge is 0.194 e. The maximum atomic E-state index is 12.4. The minimum Gasteiger partial charge on any atom is -0.495 e. The summed E-state index contributed by atoms with van der Waals surface area (Å²) in [6, 6.07) is 7.47. The van der Waals surface area contributed by atoms with Crippen molar-refractivity contribution in [1.29, 1.82) is 0 Å². The van der Waals surface area contributed by atoms with E-state index in [4.69, 9.17) is 4.74 Å². The van der Waals surface area contributed by atoms with Gasteiger partial charge in [0.25, 0.3) is 0 Å². The Morgan fingerprint density at radius 1 is 1.26 bits per heavy atom. The Kier molecular flexibility index (Phi) is 2.91. The standard InChI is InChI=1S/C15H14N2O2/c1-19-13-7-12(8-16-9-13)15(18)11-2-3-14-10(6-11)4-5-17-14/h2-3,6-9,17H,4-5H2,1H3. The van der Waals surface area contributed by atoms with Gasteiger partial charge in [0, 0.05) is 29.6 Å². The van der Waals surface area contributed by atoms with Crippen LogP contribution in [0.1, 0.15) is 21.5 Å². The molecule has 3 rings (SSSR count). The van der Waals surface area contributed by atoms with Crippen LogP contribution in [0.2, 0.25) is 0 Å². The second-order valence-corrected chi connectivity index (χ2v) is 4.49. The number of methoxy groups -OCH3 is 1. The predicted octanol–water partition coefficient (Wildman–Crippen LogP) is 2.29. The Balaban J connectivity index is 1.95. The zero-order valence-electron chi connectivity index (χ0n) is 10.6. The molecule has 0 aliphatic carbocycles.